The summed E-state index contributed by atoms with van der Waals surface area (Å²) in [6.07, 6.45) is 0. The summed E-state index contributed by atoms with van der Waals surface area (Å²) in [4.78, 5) is 11.7. The number of ether oxygens (including phenoxy) is 2. The molecule has 110 valence electrons. The van der Waals surface area contributed by atoms with E-state index in [1.165, 1.54) is 31.4 Å². The summed E-state index contributed by atoms with van der Waals surface area (Å²) in [6.45, 7) is 1.76. The van der Waals surface area contributed by atoms with E-state index in [4.69, 9.17) is 10.5 Å². The Labute approximate surface area is 129 Å². The number of benzene rings is 2. The zero-order valence-corrected chi connectivity index (χ0v) is 13.0. The third kappa shape index (κ3) is 3.33. The van der Waals surface area contributed by atoms with Crippen molar-refractivity contribution in [1.29, 1.82) is 0 Å². The van der Waals surface area contributed by atoms with Crippen LogP contribution in [0.5, 0.6) is 11.5 Å². The quantitative estimate of drug-likeness (QED) is 0.667. The van der Waals surface area contributed by atoms with Crippen LogP contribution < -0.4 is 10.5 Å². The molecule has 0 spiro atoms. The third-order valence-corrected chi connectivity index (χ3v) is 3.51. The summed E-state index contributed by atoms with van der Waals surface area (Å²) in [5.41, 5.74) is 7.11. The molecule has 6 heteroatoms. The molecule has 0 bridgehead atoms. The summed E-state index contributed by atoms with van der Waals surface area (Å²) >= 11 is 3.22. The van der Waals surface area contributed by atoms with Crippen LogP contribution in [0.25, 0.3) is 0 Å². The van der Waals surface area contributed by atoms with E-state index >= 15 is 0 Å². The Balaban J connectivity index is 2.40. The predicted octanol–water partition coefficient (Wildman–Crippen LogP) is 4.06. The topological polar surface area (TPSA) is 61.5 Å². The van der Waals surface area contributed by atoms with Crippen LogP contribution in [0.15, 0.2) is 34.8 Å². The number of methoxy groups -OCH3 is 1. The molecule has 2 aromatic carbocycles. The van der Waals surface area contributed by atoms with Crippen LogP contribution in [0.4, 0.5) is 10.1 Å². The van der Waals surface area contributed by atoms with Gasteiger partial charge in [0.15, 0.2) is 0 Å². The summed E-state index contributed by atoms with van der Waals surface area (Å²) < 4.78 is 23.9. The lowest BCUT2D eigenvalue weighted by Crippen LogP contribution is -2.07. The number of hydrogen-bond donors (Lipinski definition) is 1. The van der Waals surface area contributed by atoms with Crippen LogP contribution in [0.1, 0.15) is 15.9 Å². The first-order valence-electron chi connectivity index (χ1n) is 6.03. The number of anilines is 1. The maximum Gasteiger partial charge on any atom is 0.340 e. The lowest BCUT2D eigenvalue weighted by molar-refractivity contribution is 0.0601. The Bertz CT molecular complexity index is 704. The van der Waals surface area contributed by atoms with Gasteiger partial charge in [-0.1, -0.05) is 0 Å². The molecule has 4 nitrogen and oxygen atoms in total. The maximum atomic E-state index is 13.1. The number of halogens is 2. The second-order valence-electron chi connectivity index (χ2n) is 4.37. The first kappa shape index (κ1) is 15.3. The van der Waals surface area contributed by atoms with Gasteiger partial charge < -0.3 is 15.2 Å². The molecule has 0 radical (unpaired) electrons. The van der Waals surface area contributed by atoms with Gasteiger partial charge in [0.05, 0.1) is 17.1 Å². The molecular formula is C15H13BrFNO3. The number of rotatable bonds is 3. The second kappa shape index (κ2) is 6.13. The van der Waals surface area contributed by atoms with E-state index in [1.54, 1.807) is 13.0 Å². The molecular weight excluding hydrogens is 341 g/mol. The lowest BCUT2D eigenvalue weighted by Gasteiger charge is -2.12. The van der Waals surface area contributed by atoms with Gasteiger partial charge in [-0.3, -0.25) is 0 Å². The monoisotopic (exact) mass is 353 g/mol. The number of esters is 1. The molecule has 0 aliphatic rings. The highest BCUT2D eigenvalue weighted by molar-refractivity contribution is 9.10. The summed E-state index contributed by atoms with van der Waals surface area (Å²) in [6, 6.07) is 7.25. The summed E-state index contributed by atoms with van der Waals surface area (Å²) in [7, 11) is 1.28. The van der Waals surface area contributed by atoms with E-state index in [2.05, 4.69) is 20.7 Å². The number of aryl methyl sites for hydroxylation is 1. The number of carbonyl (C=O) groups excluding carboxylic acids is 1. The molecule has 0 amide bonds. The van der Waals surface area contributed by atoms with Crippen molar-refractivity contribution in [3.63, 3.8) is 0 Å². The normalized spacial score (nSPS) is 10.3. The summed E-state index contributed by atoms with van der Waals surface area (Å²) in [5.74, 6) is -0.0806. The van der Waals surface area contributed by atoms with Crippen LogP contribution in [-0.2, 0) is 4.74 Å². The average molecular weight is 354 g/mol. The van der Waals surface area contributed by atoms with Crippen LogP contribution in [-0.4, -0.2) is 13.1 Å². The third-order valence-electron chi connectivity index (χ3n) is 2.89. The van der Waals surface area contributed by atoms with E-state index in [0.717, 1.165) is 0 Å². The Hall–Kier alpha value is -2.08. The molecule has 0 aliphatic heterocycles. The standard InChI is InChI=1S/C15H13BrFNO3/c1-8-5-10(7-11(14(8)18)15(19)20-2)21-13-4-3-9(17)6-12(13)16/h3-7H,18H2,1-2H3. The number of nitrogen functional groups attached to an aromatic ring is 1. The predicted molar refractivity (Wildman–Crippen MR) is 81.1 cm³/mol. The fourth-order valence-corrected chi connectivity index (χ4v) is 2.22. The van der Waals surface area contributed by atoms with Gasteiger partial charge in [-0.25, -0.2) is 9.18 Å². The van der Waals surface area contributed by atoms with Crippen molar-refractivity contribution >= 4 is 27.6 Å². The number of nitrogens with two attached hydrogens (primary N) is 1. The van der Waals surface area contributed by atoms with E-state index in [9.17, 15) is 9.18 Å². The minimum absolute atomic E-state index is 0.228. The number of carbonyl (C=O) groups is 1. The smallest absolute Gasteiger partial charge is 0.340 e. The van der Waals surface area contributed by atoms with E-state index in [1.807, 2.05) is 0 Å². The lowest BCUT2D eigenvalue weighted by atomic mass is 10.1. The Morgan fingerprint density at radius 3 is 2.62 bits per heavy atom. The first-order valence-corrected chi connectivity index (χ1v) is 6.83. The van der Waals surface area contributed by atoms with Crippen molar-refractivity contribution in [3.05, 3.63) is 51.7 Å². The molecule has 2 N–H and O–H groups in total. The largest absolute Gasteiger partial charge is 0.465 e. The van der Waals surface area contributed by atoms with Crippen LogP contribution in [0.2, 0.25) is 0 Å². The van der Waals surface area contributed by atoms with Crippen molar-refractivity contribution in [2.75, 3.05) is 12.8 Å². The molecule has 0 heterocycles. The van der Waals surface area contributed by atoms with Gasteiger partial charge in [-0.05, 0) is 58.7 Å². The summed E-state index contributed by atoms with van der Waals surface area (Å²) in [5, 5.41) is 0. The van der Waals surface area contributed by atoms with Crippen molar-refractivity contribution < 1.29 is 18.7 Å². The Kier molecular flexibility index (Phi) is 4.47. The highest BCUT2D eigenvalue weighted by atomic mass is 79.9. The van der Waals surface area contributed by atoms with Crippen LogP contribution in [0, 0.1) is 12.7 Å². The van der Waals surface area contributed by atoms with Crippen molar-refractivity contribution in [1.82, 2.24) is 0 Å². The first-order chi connectivity index (χ1) is 9.92. The molecule has 0 fully saturated rings. The molecule has 0 aliphatic carbocycles. The van der Waals surface area contributed by atoms with Gasteiger partial charge in [0.25, 0.3) is 0 Å². The Morgan fingerprint density at radius 2 is 2.00 bits per heavy atom. The van der Waals surface area contributed by atoms with E-state index in [-0.39, 0.29) is 11.4 Å². The minimum atomic E-state index is -0.542. The SMILES string of the molecule is COC(=O)c1cc(Oc2ccc(F)cc2Br)cc(C)c1N. The van der Waals surface area contributed by atoms with Gasteiger partial charge in [0.1, 0.15) is 17.3 Å². The molecule has 0 aromatic heterocycles. The number of hydrogen-bond acceptors (Lipinski definition) is 4. The van der Waals surface area contributed by atoms with Gasteiger partial charge in [0, 0.05) is 5.69 Å². The maximum absolute atomic E-state index is 13.1. The van der Waals surface area contributed by atoms with Crippen molar-refractivity contribution in [3.8, 4) is 11.5 Å². The van der Waals surface area contributed by atoms with E-state index in [0.29, 0.717) is 27.2 Å². The van der Waals surface area contributed by atoms with Gasteiger partial charge >= 0.3 is 5.97 Å². The molecule has 2 aromatic rings. The van der Waals surface area contributed by atoms with E-state index < -0.39 is 5.97 Å². The second-order valence-corrected chi connectivity index (χ2v) is 5.22. The fourth-order valence-electron chi connectivity index (χ4n) is 1.79. The van der Waals surface area contributed by atoms with Crippen molar-refractivity contribution in [2.45, 2.75) is 6.92 Å². The van der Waals surface area contributed by atoms with Gasteiger partial charge in [0.2, 0.25) is 0 Å². The highest BCUT2D eigenvalue weighted by Gasteiger charge is 2.15. The average Bonchev–Trinajstić information content (AvgIpc) is 2.44. The fraction of sp³-hybridized carbons (Fsp3) is 0.133. The Morgan fingerprint density at radius 1 is 1.29 bits per heavy atom. The van der Waals surface area contributed by atoms with Crippen molar-refractivity contribution in [2.24, 2.45) is 0 Å². The van der Waals surface area contributed by atoms with Crippen LogP contribution >= 0.6 is 15.9 Å². The molecule has 21 heavy (non-hydrogen) atoms. The highest BCUT2D eigenvalue weighted by Crippen LogP contribution is 2.33. The van der Waals surface area contributed by atoms with Crippen LogP contribution in [0.3, 0.4) is 0 Å². The van der Waals surface area contributed by atoms with Gasteiger partial charge in [-0.15, -0.1) is 0 Å². The molecule has 0 unspecified atom stereocenters. The zero-order chi connectivity index (χ0) is 15.6. The molecule has 2 rings (SSSR count). The zero-order valence-electron chi connectivity index (χ0n) is 11.4. The minimum Gasteiger partial charge on any atom is -0.465 e. The molecule has 0 saturated carbocycles. The van der Waals surface area contributed by atoms with Gasteiger partial charge in [-0.2, -0.15) is 0 Å². The molecule has 0 saturated heterocycles. The molecule has 0 atom stereocenters.